The van der Waals surface area contributed by atoms with Crippen LogP contribution in [0.5, 0.6) is 0 Å². The van der Waals surface area contributed by atoms with E-state index in [1.165, 1.54) is 0 Å². The lowest BCUT2D eigenvalue weighted by molar-refractivity contribution is -0.135. The Hall–Kier alpha value is -2.63. The maximum atomic E-state index is 13.4. The normalized spacial score (nSPS) is 17.4. The lowest BCUT2D eigenvalue weighted by Crippen LogP contribution is -2.40. The molecule has 3 heterocycles. The van der Waals surface area contributed by atoms with Crippen LogP contribution in [-0.2, 0) is 24.8 Å². The van der Waals surface area contributed by atoms with E-state index >= 15 is 0 Å². The van der Waals surface area contributed by atoms with E-state index in [-0.39, 0.29) is 11.9 Å². The highest BCUT2D eigenvalue weighted by Gasteiger charge is 2.29. The molecule has 6 heteroatoms. The molecule has 1 fully saturated rings. The summed E-state index contributed by atoms with van der Waals surface area (Å²) in [7, 11) is 1.93. The summed E-state index contributed by atoms with van der Waals surface area (Å²) in [4.78, 5) is 20.2. The second kappa shape index (κ2) is 8.17. The van der Waals surface area contributed by atoms with Gasteiger partial charge in [-0.05, 0) is 37.8 Å². The summed E-state index contributed by atoms with van der Waals surface area (Å²) in [5.41, 5.74) is 3.16. The van der Waals surface area contributed by atoms with Gasteiger partial charge in [0.1, 0.15) is 12.4 Å². The molecule has 1 aromatic carbocycles. The van der Waals surface area contributed by atoms with Crippen molar-refractivity contribution in [1.29, 1.82) is 0 Å². The van der Waals surface area contributed by atoms with Crippen molar-refractivity contribution in [1.82, 2.24) is 24.2 Å². The van der Waals surface area contributed by atoms with E-state index in [0.29, 0.717) is 6.54 Å². The van der Waals surface area contributed by atoms with Crippen LogP contribution >= 0.6 is 0 Å². The lowest BCUT2D eigenvalue weighted by atomic mass is 9.97. The second-order valence-electron chi connectivity index (χ2n) is 7.75. The van der Waals surface area contributed by atoms with Crippen LogP contribution in [0.3, 0.4) is 0 Å². The van der Waals surface area contributed by atoms with Crippen LogP contribution in [0, 0.1) is 0 Å². The predicted octanol–water partition coefficient (Wildman–Crippen LogP) is 3.87. The molecule has 0 aliphatic carbocycles. The molecule has 1 atom stereocenters. The number of likely N-dealkylation sites (tertiary alicyclic amines) is 1. The molecule has 0 bridgehead atoms. The second-order valence-corrected chi connectivity index (χ2v) is 7.75. The number of carbonyl (C=O) groups is 1. The number of hydrogen-bond acceptors (Lipinski definition) is 3. The monoisotopic (exact) mass is 379 g/mol. The van der Waals surface area contributed by atoms with Gasteiger partial charge >= 0.3 is 0 Å². The van der Waals surface area contributed by atoms with E-state index in [4.69, 9.17) is 4.98 Å². The number of piperidine rings is 1. The molecule has 1 saturated heterocycles. The van der Waals surface area contributed by atoms with Gasteiger partial charge in [-0.2, -0.15) is 5.10 Å². The third kappa shape index (κ3) is 3.68. The third-order valence-electron chi connectivity index (χ3n) is 5.71. The molecule has 28 heavy (non-hydrogen) atoms. The van der Waals surface area contributed by atoms with Gasteiger partial charge in [-0.25, -0.2) is 4.98 Å². The zero-order chi connectivity index (χ0) is 19.5. The van der Waals surface area contributed by atoms with Crippen LogP contribution in [-0.4, -0.2) is 36.7 Å². The number of unbranched alkanes of at least 4 members (excludes halogenated alkanes) is 1. The highest BCUT2D eigenvalue weighted by Crippen LogP contribution is 2.31. The molecule has 0 N–H and O–H groups in total. The summed E-state index contributed by atoms with van der Waals surface area (Å²) in [5.74, 6) is 1.20. The average molecular weight is 380 g/mol. The van der Waals surface area contributed by atoms with Gasteiger partial charge in [0, 0.05) is 31.8 Å². The Morgan fingerprint density at radius 3 is 2.89 bits per heavy atom. The number of nitrogens with zero attached hydrogens (tertiary/aromatic N) is 5. The van der Waals surface area contributed by atoms with E-state index in [1.807, 2.05) is 42.3 Å². The van der Waals surface area contributed by atoms with Crippen LogP contribution in [0.4, 0.5) is 0 Å². The van der Waals surface area contributed by atoms with Gasteiger partial charge in [-0.1, -0.05) is 25.5 Å². The lowest BCUT2D eigenvalue weighted by Gasteiger charge is -2.35. The largest absolute Gasteiger partial charge is 0.334 e. The smallest absolute Gasteiger partial charge is 0.243 e. The molecular weight excluding hydrogens is 350 g/mol. The topological polar surface area (TPSA) is 56.0 Å². The van der Waals surface area contributed by atoms with E-state index in [9.17, 15) is 4.79 Å². The molecule has 2 aromatic heterocycles. The summed E-state index contributed by atoms with van der Waals surface area (Å²) < 4.78 is 3.95. The predicted molar refractivity (Wildman–Crippen MR) is 110 cm³/mol. The van der Waals surface area contributed by atoms with Gasteiger partial charge < -0.3 is 9.47 Å². The first-order valence-electron chi connectivity index (χ1n) is 10.4. The molecule has 1 unspecified atom stereocenters. The molecule has 0 radical (unpaired) electrons. The van der Waals surface area contributed by atoms with E-state index < -0.39 is 0 Å². The van der Waals surface area contributed by atoms with Crippen molar-refractivity contribution in [3.8, 4) is 0 Å². The number of imidazole rings is 1. The number of para-hydroxylation sites is 2. The van der Waals surface area contributed by atoms with Crippen molar-refractivity contribution in [3.63, 3.8) is 0 Å². The fourth-order valence-electron chi connectivity index (χ4n) is 4.24. The number of fused-ring (bicyclic) bond motifs is 1. The standard InChI is InChI=1S/C22H29N5O/c1-3-4-12-21-24-18-9-5-6-11-20(18)27(21)16-22(28)26-13-8-7-10-19(26)17-14-23-25(2)15-17/h5-6,9,11,14-15,19H,3-4,7-8,10,12-13,16H2,1-2H3. The van der Waals surface area contributed by atoms with Gasteiger partial charge in [0.2, 0.25) is 5.91 Å². The summed E-state index contributed by atoms with van der Waals surface area (Å²) in [5, 5.41) is 4.31. The highest BCUT2D eigenvalue weighted by molar-refractivity contribution is 5.81. The van der Waals surface area contributed by atoms with Gasteiger partial charge in [0.15, 0.2) is 0 Å². The number of benzene rings is 1. The Morgan fingerprint density at radius 1 is 1.25 bits per heavy atom. The fraction of sp³-hybridized carbons (Fsp3) is 0.500. The fourth-order valence-corrected chi connectivity index (χ4v) is 4.24. The Kier molecular flexibility index (Phi) is 5.46. The summed E-state index contributed by atoms with van der Waals surface area (Å²) >= 11 is 0. The van der Waals surface area contributed by atoms with Crippen molar-refractivity contribution in [2.24, 2.45) is 7.05 Å². The maximum Gasteiger partial charge on any atom is 0.243 e. The van der Waals surface area contributed by atoms with Crippen LogP contribution in [0.1, 0.15) is 56.5 Å². The number of carbonyl (C=O) groups excluding carboxylic acids is 1. The maximum absolute atomic E-state index is 13.4. The molecule has 4 rings (SSSR count). The van der Waals surface area contributed by atoms with Crippen LogP contribution in [0.2, 0.25) is 0 Å². The molecule has 0 saturated carbocycles. The Morgan fingerprint density at radius 2 is 2.11 bits per heavy atom. The first kappa shape index (κ1) is 18.7. The highest BCUT2D eigenvalue weighted by atomic mass is 16.2. The van der Waals surface area contributed by atoms with Crippen molar-refractivity contribution in [2.75, 3.05) is 6.54 Å². The summed E-state index contributed by atoms with van der Waals surface area (Å²) in [6.45, 7) is 3.36. The Balaban J connectivity index is 1.61. The minimum absolute atomic E-state index is 0.129. The molecular formula is C22H29N5O. The van der Waals surface area contributed by atoms with E-state index in [0.717, 1.165) is 67.5 Å². The van der Waals surface area contributed by atoms with Crippen LogP contribution < -0.4 is 0 Å². The van der Waals surface area contributed by atoms with Crippen molar-refractivity contribution in [3.05, 3.63) is 48.0 Å². The molecule has 3 aromatic rings. The first-order chi connectivity index (χ1) is 13.7. The molecule has 1 amide bonds. The van der Waals surface area contributed by atoms with Crippen LogP contribution in [0.25, 0.3) is 11.0 Å². The average Bonchev–Trinajstić information content (AvgIpc) is 3.30. The minimum atomic E-state index is 0.129. The number of rotatable bonds is 6. The zero-order valence-electron chi connectivity index (χ0n) is 16.8. The quantitative estimate of drug-likeness (QED) is 0.653. The van der Waals surface area contributed by atoms with E-state index in [2.05, 4.69) is 27.6 Å². The van der Waals surface area contributed by atoms with Crippen molar-refractivity contribution < 1.29 is 4.79 Å². The Labute approximate surface area is 166 Å². The first-order valence-corrected chi connectivity index (χ1v) is 10.4. The molecule has 1 aliphatic rings. The molecule has 1 aliphatic heterocycles. The van der Waals surface area contributed by atoms with Gasteiger partial charge in [-0.3, -0.25) is 9.48 Å². The summed E-state index contributed by atoms with van der Waals surface area (Å²) in [6, 6.07) is 8.26. The van der Waals surface area contributed by atoms with Crippen LogP contribution in [0.15, 0.2) is 36.7 Å². The minimum Gasteiger partial charge on any atom is -0.334 e. The number of hydrogen-bond donors (Lipinski definition) is 0. The van der Waals surface area contributed by atoms with Crippen molar-refractivity contribution >= 4 is 16.9 Å². The van der Waals surface area contributed by atoms with Gasteiger partial charge in [0.05, 0.1) is 23.3 Å². The summed E-state index contributed by atoms with van der Waals surface area (Å²) in [6.07, 6.45) is 10.3. The van der Waals surface area contributed by atoms with Crippen molar-refractivity contribution in [2.45, 2.75) is 58.0 Å². The SMILES string of the molecule is CCCCc1nc2ccccc2n1CC(=O)N1CCCCC1c1cnn(C)c1. The van der Waals surface area contributed by atoms with Gasteiger partial charge in [0.25, 0.3) is 0 Å². The zero-order valence-corrected chi connectivity index (χ0v) is 16.8. The number of amides is 1. The Bertz CT molecular complexity index is 957. The van der Waals surface area contributed by atoms with E-state index in [1.54, 1.807) is 0 Å². The number of aromatic nitrogens is 4. The molecule has 0 spiro atoms. The number of aryl methyl sites for hydroxylation is 2. The third-order valence-corrected chi connectivity index (χ3v) is 5.71. The van der Waals surface area contributed by atoms with Gasteiger partial charge in [-0.15, -0.1) is 0 Å². The molecule has 6 nitrogen and oxygen atoms in total. The molecule has 148 valence electrons.